The van der Waals surface area contributed by atoms with Crippen LogP contribution in [0.2, 0.25) is 0 Å². The second-order valence-corrected chi connectivity index (χ2v) is 6.27. The van der Waals surface area contributed by atoms with E-state index in [4.69, 9.17) is 0 Å². The topological polar surface area (TPSA) is 62.2 Å². The molecule has 0 unspecified atom stereocenters. The number of carbonyl (C=O) groups excluding carboxylic acids is 1. The Bertz CT molecular complexity index is 890. The molecule has 2 N–H and O–H groups in total. The number of hydrogen-bond acceptors (Lipinski definition) is 3. The summed E-state index contributed by atoms with van der Waals surface area (Å²) in [6.07, 6.45) is 4.84. The van der Waals surface area contributed by atoms with Crippen LogP contribution >= 0.6 is 0 Å². The minimum Gasteiger partial charge on any atom is -0.381 e. The van der Waals surface area contributed by atoms with E-state index in [1.54, 1.807) is 4.90 Å². The van der Waals surface area contributed by atoms with E-state index in [0.29, 0.717) is 6.54 Å². The number of rotatable bonds is 5. The molecule has 0 radical (unpaired) electrons. The number of anilines is 2. The lowest BCUT2D eigenvalue weighted by molar-refractivity contribution is 0.243. The van der Waals surface area contributed by atoms with Crippen LogP contribution in [0.4, 0.5) is 16.2 Å². The Morgan fingerprint density at radius 1 is 1.08 bits per heavy atom. The third-order valence-corrected chi connectivity index (χ3v) is 4.39. The Hall–Kier alpha value is -3.28. The van der Waals surface area contributed by atoms with E-state index in [9.17, 15) is 4.79 Å². The van der Waals surface area contributed by atoms with Crippen molar-refractivity contribution < 1.29 is 4.79 Å². The molecular weight excluding hydrogens is 326 g/mol. The summed E-state index contributed by atoms with van der Waals surface area (Å²) in [7, 11) is 0. The van der Waals surface area contributed by atoms with Gasteiger partial charge in [0.05, 0.1) is 11.9 Å². The molecule has 6 heteroatoms. The Balaban J connectivity index is 1.43. The van der Waals surface area contributed by atoms with Crippen molar-refractivity contribution in [2.75, 3.05) is 23.3 Å². The summed E-state index contributed by atoms with van der Waals surface area (Å²) in [4.78, 5) is 13.8. The lowest BCUT2D eigenvalue weighted by Crippen LogP contribution is -2.46. The van der Waals surface area contributed by atoms with Crippen molar-refractivity contribution >= 4 is 17.4 Å². The molecular formula is C20H21N5O. The molecule has 1 aromatic heterocycles. The fourth-order valence-corrected chi connectivity index (χ4v) is 3.04. The predicted molar refractivity (Wildman–Crippen MR) is 103 cm³/mol. The molecule has 0 spiro atoms. The first-order valence-electron chi connectivity index (χ1n) is 8.78. The van der Waals surface area contributed by atoms with Crippen LogP contribution in [0.1, 0.15) is 12.0 Å². The fourth-order valence-electron chi connectivity index (χ4n) is 3.04. The molecule has 2 aromatic carbocycles. The van der Waals surface area contributed by atoms with Crippen LogP contribution < -0.4 is 15.5 Å². The highest BCUT2D eigenvalue weighted by atomic mass is 16.2. The number of nitrogens with zero attached hydrogens (tertiary/aromatic N) is 3. The molecule has 2 heterocycles. The molecule has 1 saturated heterocycles. The molecule has 1 aliphatic heterocycles. The summed E-state index contributed by atoms with van der Waals surface area (Å²) in [6.45, 7) is 2.17. The Kier molecular flexibility index (Phi) is 4.55. The quantitative estimate of drug-likeness (QED) is 0.743. The monoisotopic (exact) mass is 347 g/mol. The SMILES string of the molecule is O=C1NCCCN1c1cccc(NCc2cnn(-c3ccccc3)c2)c1. The van der Waals surface area contributed by atoms with Gasteiger partial charge in [-0.25, -0.2) is 9.48 Å². The first-order valence-corrected chi connectivity index (χ1v) is 8.78. The highest BCUT2D eigenvalue weighted by Gasteiger charge is 2.19. The van der Waals surface area contributed by atoms with E-state index in [0.717, 1.165) is 42.1 Å². The van der Waals surface area contributed by atoms with Crippen molar-refractivity contribution in [3.8, 4) is 5.69 Å². The molecule has 6 nitrogen and oxygen atoms in total. The molecule has 2 amide bonds. The van der Waals surface area contributed by atoms with Crippen LogP contribution in [-0.2, 0) is 6.54 Å². The van der Waals surface area contributed by atoms with Gasteiger partial charge < -0.3 is 10.6 Å². The van der Waals surface area contributed by atoms with Gasteiger partial charge in [0, 0.05) is 42.8 Å². The van der Waals surface area contributed by atoms with Gasteiger partial charge in [0.15, 0.2) is 0 Å². The molecule has 3 aromatic rings. The van der Waals surface area contributed by atoms with Crippen molar-refractivity contribution in [3.63, 3.8) is 0 Å². The minimum atomic E-state index is -0.0301. The molecule has 0 bridgehead atoms. The average Bonchev–Trinajstić information content (AvgIpc) is 3.17. The summed E-state index contributed by atoms with van der Waals surface area (Å²) in [5, 5.41) is 10.7. The van der Waals surface area contributed by atoms with Crippen molar-refractivity contribution in [3.05, 3.63) is 72.6 Å². The van der Waals surface area contributed by atoms with Gasteiger partial charge in [0.2, 0.25) is 0 Å². The first-order chi connectivity index (χ1) is 12.8. The molecule has 26 heavy (non-hydrogen) atoms. The van der Waals surface area contributed by atoms with Gasteiger partial charge in [-0.05, 0) is 36.8 Å². The summed E-state index contributed by atoms with van der Waals surface area (Å²) < 4.78 is 1.87. The van der Waals surface area contributed by atoms with Crippen LogP contribution in [0.25, 0.3) is 5.69 Å². The Labute approximate surface area is 152 Å². The van der Waals surface area contributed by atoms with Gasteiger partial charge in [-0.15, -0.1) is 0 Å². The van der Waals surface area contributed by atoms with Gasteiger partial charge in [0.1, 0.15) is 0 Å². The maximum atomic E-state index is 12.0. The Morgan fingerprint density at radius 3 is 2.77 bits per heavy atom. The van der Waals surface area contributed by atoms with Crippen LogP contribution in [0.3, 0.4) is 0 Å². The van der Waals surface area contributed by atoms with Gasteiger partial charge >= 0.3 is 6.03 Å². The average molecular weight is 347 g/mol. The number of nitrogens with one attached hydrogen (secondary N) is 2. The number of aromatic nitrogens is 2. The maximum absolute atomic E-state index is 12.0. The van der Waals surface area contributed by atoms with Crippen LogP contribution in [-0.4, -0.2) is 28.9 Å². The normalized spacial score (nSPS) is 14.2. The van der Waals surface area contributed by atoms with E-state index < -0.39 is 0 Å². The third kappa shape index (κ3) is 3.54. The zero-order chi connectivity index (χ0) is 17.8. The molecule has 0 aliphatic carbocycles. The summed E-state index contributed by atoms with van der Waals surface area (Å²) >= 11 is 0. The first kappa shape index (κ1) is 16.2. The molecule has 4 rings (SSSR count). The number of benzene rings is 2. The van der Waals surface area contributed by atoms with Gasteiger partial charge in [-0.1, -0.05) is 24.3 Å². The van der Waals surface area contributed by atoms with E-state index >= 15 is 0 Å². The molecule has 1 aliphatic rings. The van der Waals surface area contributed by atoms with E-state index in [2.05, 4.69) is 15.7 Å². The zero-order valence-electron chi connectivity index (χ0n) is 14.4. The number of carbonyl (C=O) groups is 1. The number of hydrogen-bond donors (Lipinski definition) is 2. The molecule has 1 fully saturated rings. The highest BCUT2D eigenvalue weighted by molar-refractivity contribution is 5.93. The van der Waals surface area contributed by atoms with E-state index in [-0.39, 0.29) is 6.03 Å². The molecule has 0 atom stereocenters. The lowest BCUT2D eigenvalue weighted by Gasteiger charge is -2.27. The smallest absolute Gasteiger partial charge is 0.321 e. The summed E-state index contributed by atoms with van der Waals surface area (Å²) in [5.74, 6) is 0. The molecule has 0 saturated carbocycles. The maximum Gasteiger partial charge on any atom is 0.321 e. The van der Waals surface area contributed by atoms with E-state index in [1.165, 1.54) is 0 Å². The van der Waals surface area contributed by atoms with Crippen molar-refractivity contribution in [1.29, 1.82) is 0 Å². The van der Waals surface area contributed by atoms with Crippen molar-refractivity contribution in [2.24, 2.45) is 0 Å². The zero-order valence-corrected chi connectivity index (χ0v) is 14.4. The van der Waals surface area contributed by atoms with Gasteiger partial charge in [-0.3, -0.25) is 4.90 Å². The van der Waals surface area contributed by atoms with Crippen LogP contribution in [0, 0.1) is 0 Å². The fraction of sp³-hybridized carbons (Fsp3) is 0.200. The molecule has 132 valence electrons. The Morgan fingerprint density at radius 2 is 1.92 bits per heavy atom. The summed E-state index contributed by atoms with van der Waals surface area (Å²) in [5.41, 5.74) is 4.02. The standard InChI is InChI=1S/C20H21N5O/c26-20-21-10-5-11-24(20)19-9-4-6-17(12-19)22-13-16-14-23-25(15-16)18-7-2-1-3-8-18/h1-4,6-9,12,14-15,22H,5,10-11,13H2,(H,21,26). The third-order valence-electron chi connectivity index (χ3n) is 4.39. The van der Waals surface area contributed by atoms with Gasteiger partial charge in [-0.2, -0.15) is 5.10 Å². The lowest BCUT2D eigenvalue weighted by atomic mass is 10.2. The highest BCUT2D eigenvalue weighted by Crippen LogP contribution is 2.21. The van der Waals surface area contributed by atoms with E-state index in [1.807, 2.05) is 71.7 Å². The van der Waals surface area contributed by atoms with Crippen LogP contribution in [0.5, 0.6) is 0 Å². The second kappa shape index (κ2) is 7.31. The largest absolute Gasteiger partial charge is 0.381 e. The van der Waals surface area contributed by atoms with Gasteiger partial charge in [0.25, 0.3) is 0 Å². The van der Waals surface area contributed by atoms with Crippen molar-refractivity contribution in [2.45, 2.75) is 13.0 Å². The second-order valence-electron chi connectivity index (χ2n) is 6.27. The number of urea groups is 1. The summed E-state index contributed by atoms with van der Waals surface area (Å²) in [6, 6.07) is 17.9. The number of para-hydroxylation sites is 1. The minimum absolute atomic E-state index is 0.0301. The van der Waals surface area contributed by atoms with Crippen LogP contribution in [0.15, 0.2) is 67.0 Å². The predicted octanol–water partition coefficient (Wildman–Crippen LogP) is 3.40. The van der Waals surface area contributed by atoms with Crippen molar-refractivity contribution in [1.82, 2.24) is 15.1 Å². The number of amides is 2.